The molecule has 1 heterocycles. The standard InChI is InChI=1S/C16H13N3O2S/c1-10(20)17-12-8-6-11(7-9-12)15(21)19-16-18-13-4-2-3-5-14(13)22-16/h2-9H,1H3,(H,17,20)(H,18,19,21). The van der Waals surface area contributed by atoms with E-state index < -0.39 is 0 Å². The zero-order valence-electron chi connectivity index (χ0n) is 11.8. The third-order valence-electron chi connectivity index (χ3n) is 2.98. The second-order valence-electron chi connectivity index (χ2n) is 4.70. The van der Waals surface area contributed by atoms with Crippen LogP contribution < -0.4 is 10.6 Å². The van der Waals surface area contributed by atoms with Crippen molar-refractivity contribution >= 4 is 44.2 Å². The molecular formula is C16H13N3O2S. The lowest BCUT2D eigenvalue weighted by Gasteiger charge is -2.04. The Labute approximate surface area is 131 Å². The molecule has 0 radical (unpaired) electrons. The van der Waals surface area contributed by atoms with Crippen molar-refractivity contribution in [2.24, 2.45) is 0 Å². The lowest BCUT2D eigenvalue weighted by Crippen LogP contribution is -2.12. The molecule has 0 saturated carbocycles. The number of carbonyl (C=O) groups is 2. The van der Waals surface area contributed by atoms with Crippen molar-refractivity contribution in [3.05, 3.63) is 54.1 Å². The van der Waals surface area contributed by atoms with Crippen molar-refractivity contribution in [2.45, 2.75) is 6.92 Å². The van der Waals surface area contributed by atoms with Gasteiger partial charge in [0.25, 0.3) is 5.91 Å². The Morgan fingerprint density at radius 1 is 1.00 bits per heavy atom. The fourth-order valence-electron chi connectivity index (χ4n) is 2.00. The number of carbonyl (C=O) groups excluding carboxylic acids is 2. The first-order valence-corrected chi connectivity index (χ1v) is 7.48. The van der Waals surface area contributed by atoms with Crippen LogP contribution >= 0.6 is 11.3 Å². The Hall–Kier alpha value is -2.73. The molecule has 0 fully saturated rings. The van der Waals surface area contributed by atoms with Gasteiger partial charge in [0.15, 0.2) is 5.13 Å². The summed E-state index contributed by atoms with van der Waals surface area (Å²) in [6, 6.07) is 14.4. The minimum absolute atomic E-state index is 0.147. The van der Waals surface area contributed by atoms with Crippen LogP contribution in [-0.2, 0) is 4.79 Å². The monoisotopic (exact) mass is 311 g/mol. The molecule has 0 aliphatic carbocycles. The fraction of sp³-hybridized carbons (Fsp3) is 0.0625. The maximum absolute atomic E-state index is 12.2. The van der Waals surface area contributed by atoms with Crippen molar-refractivity contribution in [2.75, 3.05) is 10.6 Å². The Bertz CT molecular complexity index is 807. The smallest absolute Gasteiger partial charge is 0.257 e. The van der Waals surface area contributed by atoms with Gasteiger partial charge in [-0.2, -0.15) is 0 Å². The molecule has 1 aromatic heterocycles. The number of benzene rings is 2. The van der Waals surface area contributed by atoms with Gasteiger partial charge in [-0.3, -0.25) is 14.9 Å². The van der Waals surface area contributed by atoms with Crippen molar-refractivity contribution in [3.63, 3.8) is 0 Å². The van der Waals surface area contributed by atoms with E-state index in [9.17, 15) is 9.59 Å². The molecule has 3 rings (SSSR count). The first-order chi connectivity index (χ1) is 10.6. The molecule has 2 amide bonds. The first-order valence-electron chi connectivity index (χ1n) is 6.66. The van der Waals surface area contributed by atoms with Gasteiger partial charge in [0.1, 0.15) is 0 Å². The van der Waals surface area contributed by atoms with Gasteiger partial charge in [-0.1, -0.05) is 23.5 Å². The zero-order chi connectivity index (χ0) is 15.5. The molecule has 0 unspecified atom stereocenters. The van der Waals surface area contributed by atoms with Gasteiger partial charge >= 0.3 is 0 Å². The van der Waals surface area contributed by atoms with Gasteiger partial charge in [-0.15, -0.1) is 0 Å². The van der Waals surface area contributed by atoms with E-state index in [1.54, 1.807) is 24.3 Å². The molecule has 22 heavy (non-hydrogen) atoms. The number of hydrogen-bond acceptors (Lipinski definition) is 4. The minimum Gasteiger partial charge on any atom is -0.326 e. The number of nitrogens with zero attached hydrogens (tertiary/aromatic N) is 1. The highest BCUT2D eigenvalue weighted by Crippen LogP contribution is 2.25. The molecule has 2 N–H and O–H groups in total. The molecule has 0 saturated heterocycles. The van der Waals surface area contributed by atoms with Crippen molar-refractivity contribution in [1.82, 2.24) is 4.98 Å². The molecule has 5 nitrogen and oxygen atoms in total. The van der Waals surface area contributed by atoms with E-state index in [0.29, 0.717) is 16.4 Å². The summed E-state index contributed by atoms with van der Waals surface area (Å²) in [5.74, 6) is -0.375. The fourth-order valence-corrected chi connectivity index (χ4v) is 2.86. The SMILES string of the molecule is CC(=O)Nc1ccc(C(=O)Nc2nc3ccccc3s2)cc1. The molecular weight excluding hydrogens is 298 g/mol. The summed E-state index contributed by atoms with van der Waals surface area (Å²) >= 11 is 1.43. The van der Waals surface area contributed by atoms with Crippen LogP contribution in [0.1, 0.15) is 17.3 Å². The van der Waals surface area contributed by atoms with Crippen molar-refractivity contribution < 1.29 is 9.59 Å². The van der Waals surface area contributed by atoms with E-state index in [-0.39, 0.29) is 11.8 Å². The first kappa shape index (κ1) is 14.2. The Kier molecular flexibility index (Phi) is 3.84. The zero-order valence-corrected chi connectivity index (χ0v) is 12.6. The number of thiazole rings is 1. The molecule has 2 aromatic carbocycles. The van der Waals surface area contributed by atoms with Crippen molar-refractivity contribution in [1.29, 1.82) is 0 Å². The lowest BCUT2D eigenvalue weighted by atomic mass is 10.2. The highest BCUT2D eigenvalue weighted by atomic mass is 32.1. The number of nitrogens with one attached hydrogen (secondary N) is 2. The van der Waals surface area contributed by atoms with Crippen LogP contribution in [0.25, 0.3) is 10.2 Å². The van der Waals surface area contributed by atoms with Crippen LogP contribution in [0.3, 0.4) is 0 Å². The van der Waals surface area contributed by atoms with Gasteiger partial charge < -0.3 is 5.32 Å². The number of hydrogen-bond donors (Lipinski definition) is 2. The molecule has 0 aliphatic rings. The maximum Gasteiger partial charge on any atom is 0.257 e. The summed E-state index contributed by atoms with van der Waals surface area (Å²) in [5, 5.41) is 6.01. The van der Waals surface area contributed by atoms with Crippen LogP contribution in [0.5, 0.6) is 0 Å². The van der Waals surface area contributed by atoms with E-state index in [1.165, 1.54) is 18.3 Å². The third kappa shape index (κ3) is 3.12. The number of para-hydroxylation sites is 1. The van der Waals surface area contributed by atoms with E-state index in [2.05, 4.69) is 15.6 Å². The quantitative estimate of drug-likeness (QED) is 0.777. The summed E-state index contributed by atoms with van der Waals surface area (Å²) in [6.45, 7) is 1.44. The average Bonchev–Trinajstić information content (AvgIpc) is 2.89. The Morgan fingerprint density at radius 2 is 1.73 bits per heavy atom. The maximum atomic E-state index is 12.2. The van der Waals surface area contributed by atoms with E-state index in [4.69, 9.17) is 0 Å². The normalized spacial score (nSPS) is 10.4. The topological polar surface area (TPSA) is 71.1 Å². The number of fused-ring (bicyclic) bond motifs is 1. The molecule has 3 aromatic rings. The Morgan fingerprint density at radius 3 is 2.41 bits per heavy atom. The minimum atomic E-state index is -0.228. The van der Waals surface area contributed by atoms with Crippen LogP contribution in [0.15, 0.2) is 48.5 Å². The molecule has 0 aliphatic heterocycles. The van der Waals surface area contributed by atoms with Gasteiger partial charge in [-0.05, 0) is 36.4 Å². The van der Waals surface area contributed by atoms with Crippen LogP contribution in [0.4, 0.5) is 10.8 Å². The number of anilines is 2. The summed E-state index contributed by atoms with van der Waals surface area (Å²) in [4.78, 5) is 27.5. The van der Waals surface area contributed by atoms with Gasteiger partial charge in [-0.25, -0.2) is 4.98 Å². The largest absolute Gasteiger partial charge is 0.326 e. The second-order valence-corrected chi connectivity index (χ2v) is 5.73. The average molecular weight is 311 g/mol. The summed E-state index contributed by atoms with van der Waals surface area (Å²) in [6.07, 6.45) is 0. The summed E-state index contributed by atoms with van der Waals surface area (Å²) in [7, 11) is 0. The van der Waals surface area contributed by atoms with Gasteiger partial charge in [0.2, 0.25) is 5.91 Å². The van der Waals surface area contributed by atoms with E-state index in [1.807, 2.05) is 24.3 Å². The van der Waals surface area contributed by atoms with E-state index >= 15 is 0 Å². The lowest BCUT2D eigenvalue weighted by molar-refractivity contribution is -0.114. The van der Waals surface area contributed by atoms with E-state index in [0.717, 1.165) is 10.2 Å². The van der Waals surface area contributed by atoms with Crippen LogP contribution in [0.2, 0.25) is 0 Å². The number of rotatable bonds is 3. The van der Waals surface area contributed by atoms with Crippen LogP contribution in [0, 0.1) is 0 Å². The predicted molar refractivity (Wildman–Crippen MR) is 88.3 cm³/mol. The summed E-state index contributed by atoms with van der Waals surface area (Å²) in [5.41, 5.74) is 2.03. The Balaban J connectivity index is 1.74. The molecule has 6 heteroatoms. The summed E-state index contributed by atoms with van der Waals surface area (Å²) < 4.78 is 1.03. The second kappa shape index (κ2) is 5.95. The highest BCUT2D eigenvalue weighted by Gasteiger charge is 2.09. The number of amides is 2. The molecule has 0 spiro atoms. The van der Waals surface area contributed by atoms with Crippen LogP contribution in [-0.4, -0.2) is 16.8 Å². The molecule has 110 valence electrons. The van der Waals surface area contributed by atoms with Gasteiger partial charge in [0, 0.05) is 18.2 Å². The van der Waals surface area contributed by atoms with Gasteiger partial charge in [0.05, 0.1) is 10.2 Å². The molecule has 0 bridgehead atoms. The number of aromatic nitrogens is 1. The third-order valence-corrected chi connectivity index (χ3v) is 3.93. The highest BCUT2D eigenvalue weighted by molar-refractivity contribution is 7.22. The van der Waals surface area contributed by atoms with Crippen molar-refractivity contribution in [3.8, 4) is 0 Å². The molecule has 0 atom stereocenters. The predicted octanol–water partition coefficient (Wildman–Crippen LogP) is 3.51.